The van der Waals surface area contributed by atoms with Crippen LogP contribution in [0, 0.1) is 18.3 Å². The molecule has 12 heavy (non-hydrogen) atoms. The molecule has 1 fully saturated rings. The molecular weight excluding hydrogens is 150 g/mol. The molecule has 2 nitrogen and oxygen atoms in total. The minimum Gasteiger partial charge on any atom is -0.317 e. The number of Topliss-reactive ketones (excluding diaryl/α,β-unsaturated/α-hetero) is 1. The molecule has 0 heterocycles. The number of carbonyl (C=O) groups is 1. The molecule has 2 heteroatoms. The lowest BCUT2D eigenvalue weighted by Crippen LogP contribution is -2.32. The van der Waals surface area contributed by atoms with Crippen LogP contribution in [0.1, 0.15) is 25.7 Å². The first-order valence-corrected chi connectivity index (χ1v) is 4.45. The summed E-state index contributed by atoms with van der Waals surface area (Å²) in [4.78, 5) is 11.1. The molecule has 0 spiro atoms. The highest BCUT2D eigenvalue weighted by molar-refractivity contribution is 5.96. The molecule has 0 aromatic heterocycles. The maximum atomic E-state index is 11.1. The summed E-state index contributed by atoms with van der Waals surface area (Å²) in [7, 11) is 1.97. The van der Waals surface area contributed by atoms with Gasteiger partial charge in [0.05, 0.1) is 0 Å². The van der Waals surface area contributed by atoms with Crippen LogP contribution in [0.15, 0.2) is 0 Å². The lowest BCUT2D eigenvalue weighted by atomic mass is 9.84. The van der Waals surface area contributed by atoms with E-state index in [2.05, 4.69) is 11.2 Å². The van der Waals surface area contributed by atoms with Crippen molar-refractivity contribution >= 4 is 5.78 Å². The van der Waals surface area contributed by atoms with Gasteiger partial charge in [-0.1, -0.05) is 0 Å². The summed E-state index contributed by atoms with van der Waals surface area (Å²) in [6.07, 6.45) is 9.12. The zero-order valence-electron chi connectivity index (χ0n) is 7.47. The summed E-state index contributed by atoms with van der Waals surface area (Å²) in [5.74, 6) is 2.34. The summed E-state index contributed by atoms with van der Waals surface area (Å²) < 4.78 is 0. The van der Waals surface area contributed by atoms with Gasteiger partial charge >= 0.3 is 0 Å². The minimum atomic E-state index is -0.00967. The Morgan fingerprint density at radius 1 is 1.42 bits per heavy atom. The molecular formula is C10H15NO. The number of ketones is 1. The molecule has 0 bridgehead atoms. The lowest BCUT2D eigenvalue weighted by molar-refractivity contribution is -0.118. The summed E-state index contributed by atoms with van der Waals surface area (Å²) in [5.41, 5.74) is 0. The van der Waals surface area contributed by atoms with Crippen LogP contribution in [0.3, 0.4) is 0 Å². The summed E-state index contributed by atoms with van der Waals surface area (Å²) >= 11 is 0. The zero-order chi connectivity index (χ0) is 8.97. The van der Waals surface area contributed by atoms with E-state index in [0.717, 1.165) is 25.7 Å². The van der Waals surface area contributed by atoms with Gasteiger partial charge in [0, 0.05) is 12.0 Å². The van der Waals surface area contributed by atoms with E-state index in [-0.39, 0.29) is 11.7 Å². The fourth-order valence-electron chi connectivity index (χ4n) is 1.76. The van der Waals surface area contributed by atoms with Gasteiger partial charge < -0.3 is 5.32 Å². The predicted octanol–water partition coefficient (Wildman–Crippen LogP) is 0.967. The smallest absolute Gasteiger partial charge is 0.208 e. The first-order chi connectivity index (χ1) is 5.77. The van der Waals surface area contributed by atoms with Crippen LogP contribution in [0.2, 0.25) is 0 Å². The van der Waals surface area contributed by atoms with Crippen LogP contribution in [0.4, 0.5) is 0 Å². The molecule has 0 atom stereocenters. The Balaban J connectivity index is 2.37. The van der Waals surface area contributed by atoms with Gasteiger partial charge in [0.25, 0.3) is 0 Å². The largest absolute Gasteiger partial charge is 0.317 e. The van der Waals surface area contributed by atoms with E-state index in [0.29, 0.717) is 6.04 Å². The summed E-state index contributed by atoms with van der Waals surface area (Å²) in [5, 5.41) is 3.22. The molecule has 0 saturated heterocycles. The van der Waals surface area contributed by atoms with Crippen molar-refractivity contribution < 1.29 is 4.79 Å². The summed E-state index contributed by atoms with van der Waals surface area (Å²) in [6.45, 7) is 0. The second kappa shape index (κ2) is 4.27. The Kier molecular flexibility index (Phi) is 3.31. The minimum absolute atomic E-state index is 0.00967. The van der Waals surface area contributed by atoms with E-state index in [1.807, 2.05) is 7.05 Å². The van der Waals surface area contributed by atoms with Gasteiger partial charge in [-0.05, 0) is 38.7 Å². The third-order valence-electron chi connectivity index (χ3n) is 2.65. The molecule has 0 aromatic carbocycles. The molecule has 0 aromatic rings. The van der Waals surface area contributed by atoms with Crippen LogP contribution in [0.5, 0.6) is 0 Å². The Labute approximate surface area is 73.7 Å². The van der Waals surface area contributed by atoms with Crippen LogP contribution in [-0.2, 0) is 4.79 Å². The number of rotatable bonds is 2. The van der Waals surface area contributed by atoms with Crippen molar-refractivity contribution in [1.29, 1.82) is 0 Å². The topological polar surface area (TPSA) is 29.1 Å². The zero-order valence-corrected chi connectivity index (χ0v) is 7.47. The Morgan fingerprint density at radius 2 is 2.00 bits per heavy atom. The first kappa shape index (κ1) is 9.28. The van der Waals surface area contributed by atoms with Gasteiger partial charge in [-0.25, -0.2) is 0 Å². The van der Waals surface area contributed by atoms with E-state index in [1.165, 1.54) is 0 Å². The van der Waals surface area contributed by atoms with Crippen LogP contribution in [-0.4, -0.2) is 18.9 Å². The van der Waals surface area contributed by atoms with Gasteiger partial charge in [0.15, 0.2) is 0 Å². The monoisotopic (exact) mass is 165 g/mol. The van der Waals surface area contributed by atoms with Gasteiger partial charge in [-0.2, -0.15) is 0 Å². The van der Waals surface area contributed by atoms with Crippen molar-refractivity contribution in [3.8, 4) is 12.3 Å². The molecule has 0 aliphatic heterocycles. The second-order valence-electron chi connectivity index (χ2n) is 3.35. The molecule has 0 amide bonds. The molecule has 1 N–H and O–H groups in total. The summed E-state index contributed by atoms with van der Waals surface area (Å²) in [6, 6.07) is 0.590. The van der Waals surface area contributed by atoms with E-state index in [9.17, 15) is 4.79 Å². The van der Waals surface area contributed by atoms with Crippen molar-refractivity contribution in [3.63, 3.8) is 0 Å². The standard InChI is InChI=1S/C10H15NO/c1-3-10(12)8-4-6-9(11-2)7-5-8/h1,8-9,11H,4-7H2,2H3. The van der Waals surface area contributed by atoms with Crippen LogP contribution < -0.4 is 5.32 Å². The van der Waals surface area contributed by atoms with Gasteiger partial charge in [0.1, 0.15) is 0 Å². The molecule has 1 aliphatic carbocycles. The number of carbonyl (C=O) groups excluding carboxylic acids is 1. The van der Waals surface area contributed by atoms with Gasteiger partial charge in [0.2, 0.25) is 5.78 Å². The number of nitrogens with one attached hydrogen (secondary N) is 1. The van der Waals surface area contributed by atoms with Crippen molar-refractivity contribution in [2.45, 2.75) is 31.7 Å². The van der Waals surface area contributed by atoms with Crippen LogP contribution >= 0.6 is 0 Å². The molecule has 1 saturated carbocycles. The highest BCUT2D eigenvalue weighted by atomic mass is 16.1. The maximum Gasteiger partial charge on any atom is 0.208 e. The number of hydrogen-bond donors (Lipinski definition) is 1. The second-order valence-corrected chi connectivity index (χ2v) is 3.35. The van der Waals surface area contributed by atoms with Gasteiger partial charge in [-0.3, -0.25) is 4.79 Å². The Morgan fingerprint density at radius 3 is 2.42 bits per heavy atom. The quantitative estimate of drug-likeness (QED) is 0.488. The predicted molar refractivity (Wildman–Crippen MR) is 48.6 cm³/mol. The third kappa shape index (κ3) is 2.09. The molecule has 66 valence electrons. The third-order valence-corrected chi connectivity index (χ3v) is 2.65. The fourth-order valence-corrected chi connectivity index (χ4v) is 1.76. The van der Waals surface area contributed by atoms with Crippen molar-refractivity contribution in [2.24, 2.45) is 5.92 Å². The van der Waals surface area contributed by atoms with Crippen molar-refractivity contribution in [1.82, 2.24) is 5.32 Å². The highest BCUT2D eigenvalue weighted by Gasteiger charge is 2.23. The van der Waals surface area contributed by atoms with Crippen molar-refractivity contribution in [2.75, 3.05) is 7.05 Å². The normalized spacial score (nSPS) is 29.3. The molecule has 1 aliphatic rings. The number of terminal acetylenes is 1. The Hall–Kier alpha value is -0.810. The van der Waals surface area contributed by atoms with E-state index in [4.69, 9.17) is 6.42 Å². The highest BCUT2D eigenvalue weighted by Crippen LogP contribution is 2.24. The molecule has 0 unspecified atom stereocenters. The average molecular weight is 165 g/mol. The van der Waals surface area contributed by atoms with Crippen LogP contribution in [0.25, 0.3) is 0 Å². The molecule has 1 rings (SSSR count). The number of hydrogen-bond acceptors (Lipinski definition) is 2. The average Bonchev–Trinajstić information content (AvgIpc) is 2.17. The van der Waals surface area contributed by atoms with E-state index >= 15 is 0 Å². The van der Waals surface area contributed by atoms with Crippen molar-refractivity contribution in [3.05, 3.63) is 0 Å². The Bertz CT molecular complexity index is 196. The SMILES string of the molecule is C#CC(=O)C1CCC(NC)CC1. The maximum absolute atomic E-state index is 11.1. The van der Waals surface area contributed by atoms with Gasteiger partial charge in [-0.15, -0.1) is 6.42 Å². The van der Waals surface area contributed by atoms with E-state index < -0.39 is 0 Å². The lowest BCUT2D eigenvalue weighted by Gasteiger charge is -2.25. The molecule has 0 radical (unpaired) electrons. The first-order valence-electron chi connectivity index (χ1n) is 4.45. The fraction of sp³-hybridized carbons (Fsp3) is 0.700. The van der Waals surface area contributed by atoms with E-state index in [1.54, 1.807) is 0 Å².